The number of halogens is 2. The van der Waals surface area contributed by atoms with Gasteiger partial charge in [0.05, 0.1) is 0 Å². The van der Waals surface area contributed by atoms with Crippen LogP contribution >= 0.6 is 15.9 Å². The average molecular weight is 308 g/mol. The van der Waals surface area contributed by atoms with E-state index < -0.39 is 5.82 Å². The predicted octanol–water partition coefficient (Wildman–Crippen LogP) is 3.71. The van der Waals surface area contributed by atoms with Crippen LogP contribution in [-0.2, 0) is 0 Å². The van der Waals surface area contributed by atoms with Gasteiger partial charge in [0.2, 0.25) is 0 Å². The quantitative estimate of drug-likeness (QED) is 0.679. The van der Waals surface area contributed by atoms with Crippen LogP contribution in [0.5, 0.6) is 0 Å². The summed E-state index contributed by atoms with van der Waals surface area (Å²) in [5.74, 6) is -0.644. The van der Waals surface area contributed by atoms with Crippen molar-refractivity contribution in [1.82, 2.24) is 0 Å². The standard InChI is InChI=1S/C14H11BrFNO/c1-8-4-9(6-10(16)5-8)14(18)12-3-2-11(17)7-13(12)15/h2-7H,17H2,1H3. The highest BCUT2D eigenvalue weighted by Crippen LogP contribution is 2.23. The SMILES string of the molecule is Cc1cc(F)cc(C(=O)c2ccc(N)cc2Br)c1. The molecule has 2 rings (SSSR count). The summed E-state index contributed by atoms with van der Waals surface area (Å²) >= 11 is 3.29. The summed E-state index contributed by atoms with van der Waals surface area (Å²) in [5.41, 5.74) is 7.69. The summed E-state index contributed by atoms with van der Waals surface area (Å²) in [6.45, 7) is 1.75. The highest BCUT2D eigenvalue weighted by Gasteiger charge is 2.13. The zero-order valence-corrected chi connectivity index (χ0v) is 11.3. The molecule has 0 heterocycles. The van der Waals surface area contributed by atoms with Crippen molar-refractivity contribution >= 4 is 27.4 Å². The molecule has 0 aliphatic rings. The fraction of sp³-hybridized carbons (Fsp3) is 0.0714. The third kappa shape index (κ3) is 2.59. The van der Waals surface area contributed by atoms with Gasteiger partial charge in [-0.25, -0.2) is 4.39 Å². The zero-order chi connectivity index (χ0) is 13.3. The predicted molar refractivity (Wildman–Crippen MR) is 73.1 cm³/mol. The molecular weight excluding hydrogens is 297 g/mol. The maximum atomic E-state index is 13.3. The molecule has 0 amide bonds. The maximum absolute atomic E-state index is 13.3. The molecule has 4 heteroatoms. The van der Waals surface area contributed by atoms with Gasteiger partial charge >= 0.3 is 0 Å². The van der Waals surface area contributed by atoms with Crippen molar-refractivity contribution in [3.8, 4) is 0 Å². The molecular formula is C14H11BrFNO. The summed E-state index contributed by atoms with van der Waals surface area (Å²) in [7, 11) is 0. The molecule has 18 heavy (non-hydrogen) atoms. The Morgan fingerprint density at radius 2 is 1.94 bits per heavy atom. The normalized spacial score (nSPS) is 10.4. The molecule has 2 N–H and O–H groups in total. The van der Waals surface area contributed by atoms with Crippen LogP contribution in [0.3, 0.4) is 0 Å². The van der Waals surface area contributed by atoms with E-state index in [9.17, 15) is 9.18 Å². The van der Waals surface area contributed by atoms with Gasteiger partial charge in [-0.1, -0.05) is 0 Å². The monoisotopic (exact) mass is 307 g/mol. The summed E-state index contributed by atoms with van der Waals surface area (Å²) < 4.78 is 13.9. The first-order valence-corrected chi connectivity index (χ1v) is 6.13. The topological polar surface area (TPSA) is 43.1 Å². The van der Waals surface area contributed by atoms with Crippen molar-refractivity contribution in [2.75, 3.05) is 5.73 Å². The van der Waals surface area contributed by atoms with Gasteiger partial charge in [0.15, 0.2) is 5.78 Å². The van der Waals surface area contributed by atoms with Crippen LogP contribution in [0.25, 0.3) is 0 Å². The number of hydrogen-bond donors (Lipinski definition) is 1. The van der Waals surface area contributed by atoms with Crippen LogP contribution in [0.4, 0.5) is 10.1 Å². The second kappa shape index (κ2) is 4.90. The average Bonchev–Trinajstić information content (AvgIpc) is 2.26. The highest BCUT2D eigenvalue weighted by molar-refractivity contribution is 9.10. The molecule has 2 aromatic carbocycles. The minimum Gasteiger partial charge on any atom is -0.399 e. The first-order chi connectivity index (χ1) is 8.47. The minimum atomic E-state index is -0.412. The Labute approximate surface area is 113 Å². The minimum absolute atomic E-state index is 0.232. The number of rotatable bonds is 2. The molecule has 0 saturated carbocycles. The van der Waals surface area contributed by atoms with Crippen LogP contribution in [0.2, 0.25) is 0 Å². The van der Waals surface area contributed by atoms with E-state index in [-0.39, 0.29) is 5.78 Å². The lowest BCUT2D eigenvalue weighted by atomic mass is 10.0. The van der Waals surface area contributed by atoms with Crippen molar-refractivity contribution in [2.45, 2.75) is 6.92 Å². The van der Waals surface area contributed by atoms with Gasteiger partial charge < -0.3 is 5.73 Å². The second-order valence-electron chi connectivity index (χ2n) is 4.09. The number of hydrogen-bond acceptors (Lipinski definition) is 2. The molecule has 0 aromatic heterocycles. The van der Waals surface area contributed by atoms with E-state index in [4.69, 9.17) is 5.73 Å². The lowest BCUT2D eigenvalue weighted by molar-refractivity contribution is 0.103. The highest BCUT2D eigenvalue weighted by atomic mass is 79.9. The number of benzene rings is 2. The van der Waals surface area contributed by atoms with E-state index in [0.717, 1.165) is 0 Å². The van der Waals surface area contributed by atoms with Gasteiger partial charge in [0.25, 0.3) is 0 Å². The van der Waals surface area contributed by atoms with Crippen LogP contribution < -0.4 is 5.73 Å². The first-order valence-electron chi connectivity index (χ1n) is 5.34. The fourth-order valence-corrected chi connectivity index (χ4v) is 2.31. The molecule has 0 radical (unpaired) electrons. The third-order valence-electron chi connectivity index (χ3n) is 2.54. The number of anilines is 1. The van der Waals surface area contributed by atoms with E-state index in [1.807, 2.05) is 0 Å². The van der Waals surface area contributed by atoms with Gasteiger partial charge in [0, 0.05) is 21.3 Å². The molecule has 0 fully saturated rings. The molecule has 0 aliphatic heterocycles. The Balaban J connectivity index is 2.47. The second-order valence-corrected chi connectivity index (χ2v) is 4.94. The molecule has 2 nitrogen and oxygen atoms in total. The summed E-state index contributed by atoms with van der Waals surface area (Å²) in [6, 6.07) is 9.20. The number of carbonyl (C=O) groups is 1. The molecule has 0 aliphatic carbocycles. The molecule has 0 bridgehead atoms. The Morgan fingerprint density at radius 3 is 2.56 bits per heavy atom. The van der Waals surface area contributed by atoms with Crippen LogP contribution in [-0.4, -0.2) is 5.78 Å². The molecule has 2 aromatic rings. The summed E-state index contributed by atoms with van der Waals surface area (Å²) in [5, 5.41) is 0. The van der Waals surface area contributed by atoms with E-state index >= 15 is 0 Å². The van der Waals surface area contributed by atoms with Gasteiger partial charge in [0.1, 0.15) is 5.82 Å². The number of nitrogen functional groups attached to an aromatic ring is 1. The van der Waals surface area contributed by atoms with E-state index in [2.05, 4.69) is 15.9 Å². The molecule has 0 spiro atoms. The molecule has 0 saturated heterocycles. The Bertz CT molecular complexity index is 605. The number of aryl methyl sites for hydroxylation is 1. The molecule has 92 valence electrons. The van der Waals surface area contributed by atoms with Gasteiger partial charge in [-0.05, 0) is 64.8 Å². The van der Waals surface area contributed by atoms with Crippen LogP contribution in [0.1, 0.15) is 21.5 Å². The Morgan fingerprint density at radius 1 is 1.22 bits per heavy atom. The van der Waals surface area contributed by atoms with E-state index in [0.29, 0.717) is 26.9 Å². The fourth-order valence-electron chi connectivity index (χ4n) is 1.74. The lowest BCUT2D eigenvalue weighted by Crippen LogP contribution is -2.04. The van der Waals surface area contributed by atoms with E-state index in [1.165, 1.54) is 12.1 Å². The first kappa shape index (κ1) is 12.8. The number of nitrogens with two attached hydrogens (primary N) is 1. The van der Waals surface area contributed by atoms with Gasteiger partial charge in [-0.3, -0.25) is 4.79 Å². The van der Waals surface area contributed by atoms with Crippen molar-refractivity contribution in [2.24, 2.45) is 0 Å². The largest absolute Gasteiger partial charge is 0.399 e. The molecule has 0 unspecified atom stereocenters. The van der Waals surface area contributed by atoms with E-state index in [1.54, 1.807) is 31.2 Å². The maximum Gasteiger partial charge on any atom is 0.194 e. The third-order valence-corrected chi connectivity index (χ3v) is 3.20. The number of ketones is 1. The lowest BCUT2D eigenvalue weighted by Gasteiger charge is -2.06. The van der Waals surface area contributed by atoms with Crippen LogP contribution in [0, 0.1) is 12.7 Å². The number of carbonyl (C=O) groups excluding carboxylic acids is 1. The summed E-state index contributed by atoms with van der Waals surface area (Å²) in [6.07, 6.45) is 0. The zero-order valence-electron chi connectivity index (χ0n) is 9.71. The van der Waals surface area contributed by atoms with Gasteiger partial charge in [-0.15, -0.1) is 0 Å². The van der Waals surface area contributed by atoms with Crippen molar-refractivity contribution in [3.05, 3.63) is 63.4 Å². The van der Waals surface area contributed by atoms with Crippen molar-refractivity contribution in [1.29, 1.82) is 0 Å². The summed E-state index contributed by atoms with van der Waals surface area (Å²) in [4.78, 5) is 12.2. The van der Waals surface area contributed by atoms with Crippen LogP contribution in [0.15, 0.2) is 40.9 Å². The van der Waals surface area contributed by atoms with Gasteiger partial charge in [-0.2, -0.15) is 0 Å². The van der Waals surface area contributed by atoms with Crippen molar-refractivity contribution < 1.29 is 9.18 Å². The Kier molecular flexibility index (Phi) is 3.48. The smallest absolute Gasteiger partial charge is 0.194 e. The Hall–Kier alpha value is -1.68. The molecule has 0 atom stereocenters. The van der Waals surface area contributed by atoms with Crippen molar-refractivity contribution in [3.63, 3.8) is 0 Å².